The van der Waals surface area contributed by atoms with Gasteiger partial charge < -0.3 is 14.5 Å². The maximum absolute atomic E-state index is 9.56. The number of imidazole rings is 1. The van der Waals surface area contributed by atoms with Crippen molar-refractivity contribution in [1.82, 2.24) is 9.97 Å². The average Bonchev–Trinajstić information content (AvgIpc) is 3.08. The van der Waals surface area contributed by atoms with Crippen LogP contribution in [-0.2, 0) is 0 Å². The number of methoxy groups -OCH3 is 1. The minimum Gasteiger partial charge on any atom is -0.493 e. The van der Waals surface area contributed by atoms with Gasteiger partial charge in [0.05, 0.1) is 23.7 Å². The van der Waals surface area contributed by atoms with E-state index >= 15 is 0 Å². The molecule has 0 bridgehead atoms. The summed E-state index contributed by atoms with van der Waals surface area (Å²) in [5.74, 6) is 1.37. The molecule has 25 heavy (non-hydrogen) atoms. The molecule has 3 rings (SSSR count). The van der Waals surface area contributed by atoms with Gasteiger partial charge in [0, 0.05) is 5.56 Å². The van der Waals surface area contributed by atoms with Crippen molar-refractivity contribution in [3.63, 3.8) is 0 Å². The van der Waals surface area contributed by atoms with Crippen LogP contribution < -0.4 is 9.47 Å². The van der Waals surface area contributed by atoms with Crippen molar-refractivity contribution in [2.45, 2.75) is 0 Å². The van der Waals surface area contributed by atoms with E-state index in [1.54, 1.807) is 24.3 Å². The molecular weight excluding hydrogens is 316 g/mol. The Balaban J connectivity index is 2.08. The van der Waals surface area contributed by atoms with E-state index in [1.165, 1.54) is 7.11 Å². The predicted molar refractivity (Wildman–Crippen MR) is 93.7 cm³/mol. The third kappa shape index (κ3) is 3.29. The lowest BCUT2D eigenvalue weighted by Crippen LogP contribution is -1.99. The zero-order chi connectivity index (χ0) is 17.6. The van der Waals surface area contributed by atoms with E-state index in [0.29, 0.717) is 28.5 Å². The quantitative estimate of drug-likeness (QED) is 0.722. The van der Waals surface area contributed by atoms with Gasteiger partial charge in [0.25, 0.3) is 0 Å². The van der Waals surface area contributed by atoms with Crippen LogP contribution >= 0.6 is 0 Å². The number of benzene rings is 2. The summed E-state index contributed by atoms with van der Waals surface area (Å²) in [6.07, 6.45) is 1.66. The van der Waals surface area contributed by atoms with Crippen molar-refractivity contribution in [3.05, 3.63) is 53.9 Å². The van der Waals surface area contributed by atoms with Crippen molar-refractivity contribution >= 4 is 22.7 Å². The molecule has 0 saturated carbocycles. The third-order valence-electron chi connectivity index (χ3n) is 3.58. The predicted octanol–water partition coefficient (Wildman–Crippen LogP) is 3.54. The van der Waals surface area contributed by atoms with Crippen LogP contribution in [0.3, 0.4) is 0 Å². The number of fused-ring (bicyclic) bond motifs is 1. The first kappa shape index (κ1) is 16.1. The molecule has 0 saturated heterocycles. The van der Waals surface area contributed by atoms with Crippen LogP contribution in [0.5, 0.6) is 11.5 Å². The van der Waals surface area contributed by atoms with Crippen molar-refractivity contribution in [2.24, 2.45) is 0 Å². The van der Waals surface area contributed by atoms with Gasteiger partial charge in [-0.3, -0.25) is 0 Å². The van der Waals surface area contributed by atoms with E-state index in [1.807, 2.05) is 30.3 Å². The first-order valence-electron chi connectivity index (χ1n) is 7.50. The van der Waals surface area contributed by atoms with Crippen molar-refractivity contribution in [3.8, 4) is 23.6 Å². The summed E-state index contributed by atoms with van der Waals surface area (Å²) in [5, 5.41) is 18.3. The van der Waals surface area contributed by atoms with E-state index in [2.05, 4.69) is 16.0 Å². The molecule has 6 nitrogen and oxygen atoms in total. The molecule has 0 atom stereocenters. The second-order valence-corrected chi connectivity index (χ2v) is 5.10. The molecule has 1 aromatic heterocycles. The topological polar surface area (TPSA) is 94.7 Å². The van der Waals surface area contributed by atoms with Crippen LogP contribution in [0.25, 0.3) is 22.7 Å². The Hall–Kier alpha value is -3.77. The number of nitrogens with zero attached hydrogens (tertiary/aromatic N) is 3. The number of aromatic nitrogens is 2. The van der Waals surface area contributed by atoms with Gasteiger partial charge in [-0.25, -0.2) is 4.98 Å². The SMILES string of the molecule is COc1cccc(/C=C(\C#N)c2nc3ccccc3[nH]2)c1OCC#N. The Labute approximate surface area is 144 Å². The number of nitrogens with one attached hydrogen (secondary N) is 1. The van der Waals surface area contributed by atoms with Crippen LogP contribution in [0.4, 0.5) is 0 Å². The van der Waals surface area contributed by atoms with Crippen molar-refractivity contribution < 1.29 is 9.47 Å². The van der Waals surface area contributed by atoms with Crippen LogP contribution in [0.2, 0.25) is 0 Å². The first-order valence-corrected chi connectivity index (χ1v) is 7.50. The summed E-state index contributed by atoms with van der Waals surface area (Å²) in [6.45, 7) is -0.117. The smallest absolute Gasteiger partial charge is 0.174 e. The second-order valence-electron chi connectivity index (χ2n) is 5.10. The molecule has 0 radical (unpaired) electrons. The lowest BCUT2D eigenvalue weighted by molar-refractivity contribution is 0.329. The normalized spacial score (nSPS) is 10.9. The molecule has 0 amide bonds. The minimum atomic E-state index is -0.117. The molecule has 0 aliphatic carbocycles. The highest BCUT2D eigenvalue weighted by atomic mass is 16.5. The summed E-state index contributed by atoms with van der Waals surface area (Å²) in [6, 6.07) is 16.9. The number of para-hydroxylation sites is 3. The number of hydrogen-bond acceptors (Lipinski definition) is 5. The van der Waals surface area contributed by atoms with E-state index in [4.69, 9.17) is 14.7 Å². The number of nitriles is 2. The van der Waals surface area contributed by atoms with Crippen LogP contribution in [0, 0.1) is 22.7 Å². The van der Waals surface area contributed by atoms with Gasteiger partial charge in [-0.15, -0.1) is 0 Å². The average molecular weight is 330 g/mol. The molecule has 1 heterocycles. The monoisotopic (exact) mass is 330 g/mol. The van der Waals surface area contributed by atoms with Gasteiger partial charge in [-0.05, 0) is 24.3 Å². The number of aromatic amines is 1. The molecule has 3 aromatic rings. The fourth-order valence-electron chi connectivity index (χ4n) is 2.46. The molecule has 0 unspecified atom stereocenters. The standard InChI is InChI=1S/C19H14N4O2/c1-24-17-8-4-5-13(18(17)25-10-9-20)11-14(12-21)19-22-15-6-2-3-7-16(15)23-19/h2-8,11H,10H2,1H3,(H,22,23)/b14-11+. The van der Waals surface area contributed by atoms with Gasteiger partial charge in [0.15, 0.2) is 18.1 Å². The third-order valence-corrected chi connectivity index (χ3v) is 3.58. The van der Waals surface area contributed by atoms with E-state index in [-0.39, 0.29) is 6.61 Å². The Kier molecular flexibility index (Phi) is 4.64. The molecule has 0 fully saturated rings. The maximum Gasteiger partial charge on any atom is 0.174 e. The summed E-state index contributed by atoms with van der Waals surface area (Å²) in [4.78, 5) is 7.58. The second kappa shape index (κ2) is 7.20. The van der Waals surface area contributed by atoms with Gasteiger partial charge >= 0.3 is 0 Å². The van der Waals surface area contributed by atoms with E-state index in [0.717, 1.165) is 11.0 Å². The molecule has 122 valence electrons. The first-order chi connectivity index (χ1) is 12.3. The highest BCUT2D eigenvalue weighted by molar-refractivity contribution is 5.91. The fraction of sp³-hybridized carbons (Fsp3) is 0.105. The summed E-state index contributed by atoms with van der Waals surface area (Å²) < 4.78 is 10.8. The minimum absolute atomic E-state index is 0.117. The number of rotatable bonds is 5. The molecule has 2 aromatic carbocycles. The lowest BCUT2D eigenvalue weighted by atomic mass is 10.1. The highest BCUT2D eigenvalue weighted by Gasteiger charge is 2.13. The van der Waals surface area contributed by atoms with Crippen molar-refractivity contribution in [2.75, 3.05) is 13.7 Å². The lowest BCUT2D eigenvalue weighted by Gasteiger charge is -2.11. The largest absolute Gasteiger partial charge is 0.493 e. The Morgan fingerprint density at radius 3 is 2.76 bits per heavy atom. The molecule has 0 aliphatic heterocycles. The summed E-state index contributed by atoms with van der Waals surface area (Å²) in [7, 11) is 1.52. The molecule has 0 aliphatic rings. The van der Waals surface area contributed by atoms with E-state index in [9.17, 15) is 5.26 Å². The van der Waals surface area contributed by atoms with Gasteiger partial charge in [0.2, 0.25) is 0 Å². The molecule has 0 spiro atoms. The van der Waals surface area contributed by atoms with Gasteiger partial charge in [-0.1, -0.05) is 24.3 Å². The molecular formula is C19H14N4O2. The zero-order valence-corrected chi connectivity index (χ0v) is 13.5. The van der Waals surface area contributed by atoms with Crippen LogP contribution in [0.15, 0.2) is 42.5 Å². The maximum atomic E-state index is 9.56. The number of allylic oxidation sites excluding steroid dienone is 1. The summed E-state index contributed by atoms with van der Waals surface area (Å²) in [5.41, 5.74) is 2.62. The Morgan fingerprint density at radius 2 is 2.04 bits per heavy atom. The Bertz CT molecular complexity index is 989. The van der Waals surface area contributed by atoms with Gasteiger partial charge in [-0.2, -0.15) is 10.5 Å². The number of H-pyrrole nitrogens is 1. The van der Waals surface area contributed by atoms with Gasteiger partial charge in [0.1, 0.15) is 18.0 Å². The summed E-state index contributed by atoms with van der Waals surface area (Å²) >= 11 is 0. The van der Waals surface area contributed by atoms with Crippen molar-refractivity contribution in [1.29, 1.82) is 10.5 Å². The highest BCUT2D eigenvalue weighted by Crippen LogP contribution is 2.33. The van der Waals surface area contributed by atoms with Crippen LogP contribution in [0.1, 0.15) is 11.4 Å². The fourth-order valence-corrected chi connectivity index (χ4v) is 2.46. The number of hydrogen-bond donors (Lipinski definition) is 1. The Morgan fingerprint density at radius 1 is 1.20 bits per heavy atom. The number of ether oxygens (including phenoxy) is 2. The van der Waals surface area contributed by atoms with Crippen LogP contribution in [-0.4, -0.2) is 23.7 Å². The van der Waals surface area contributed by atoms with E-state index < -0.39 is 0 Å². The molecule has 1 N–H and O–H groups in total. The zero-order valence-electron chi connectivity index (χ0n) is 13.5. The molecule has 6 heteroatoms.